The van der Waals surface area contributed by atoms with Crippen LogP contribution in [0.25, 0.3) is 0 Å². The smallest absolute Gasteiger partial charge is 0.143 e. The molecule has 1 N–H and O–H groups in total. The minimum absolute atomic E-state index is 0.0828. The Bertz CT molecular complexity index is 427. The highest BCUT2D eigenvalue weighted by atomic mass is 19.1. The van der Waals surface area contributed by atoms with Crippen LogP contribution < -0.4 is 5.32 Å². The lowest BCUT2D eigenvalue weighted by Crippen LogP contribution is -2.24. The molecule has 92 valence electrons. The van der Waals surface area contributed by atoms with Crippen molar-refractivity contribution in [3.05, 3.63) is 29.6 Å². The summed E-state index contributed by atoms with van der Waals surface area (Å²) in [4.78, 5) is 0. The van der Waals surface area contributed by atoms with E-state index in [0.717, 1.165) is 12.2 Å². The molecule has 1 atom stereocenters. The second-order valence-electron chi connectivity index (χ2n) is 5.45. The standard InChI is InChI=1S/C14H19FN2/c1-10(14(2,3)4)9-17-12-6-5-11(8-16)13(15)7-12/h5-7,10,17H,9H2,1-4H3. The van der Waals surface area contributed by atoms with Crippen LogP contribution in [0.5, 0.6) is 0 Å². The van der Waals surface area contributed by atoms with Crippen LogP contribution in [-0.4, -0.2) is 6.54 Å². The highest BCUT2D eigenvalue weighted by Crippen LogP contribution is 2.25. The molecule has 0 aliphatic heterocycles. The third-order valence-electron chi connectivity index (χ3n) is 3.18. The zero-order valence-electron chi connectivity index (χ0n) is 10.8. The molecule has 1 aromatic carbocycles. The van der Waals surface area contributed by atoms with Crippen molar-refractivity contribution in [1.82, 2.24) is 0 Å². The third-order valence-corrected chi connectivity index (χ3v) is 3.18. The first-order valence-corrected chi connectivity index (χ1v) is 5.78. The van der Waals surface area contributed by atoms with Gasteiger partial charge in [0.15, 0.2) is 0 Å². The molecule has 0 spiro atoms. The van der Waals surface area contributed by atoms with Gasteiger partial charge in [0.2, 0.25) is 0 Å². The second kappa shape index (κ2) is 5.18. The molecular weight excluding hydrogens is 215 g/mol. The molecule has 17 heavy (non-hydrogen) atoms. The molecule has 0 radical (unpaired) electrons. The molecule has 0 saturated heterocycles. The normalized spacial score (nSPS) is 12.9. The van der Waals surface area contributed by atoms with Gasteiger partial charge < -0.3 is 5.32 Å². The van der Waals surface area contributed by atoms with Gasteiger partial charge in [-0.3, -0.25) is 0 Å². The van der Waals surface area contributed by atoms with E-state index < -0.39 is 5.82 Å². The lowest BCUT2D eigenvalue weighted by atomic mass is 9.82. The van der Waals surface area contributed by atoms with E-state index in [1.165, 1.54) is 12.1 Å². The van der Waals surface area contributed by atoms with Crippen molar-refractivity contribution in [2.45, 2.75) is 27.7 Å². The maximum Gasteiger partial charge on any atom is 0.143 e. The minimum atomic E-state index is -0.471. The van der Waals surface area contributed by atoms with Crippen molar-refractivity contribution in [3.63, 3.8) is 0 Å². The van der Waals surface area contributed by atoms with Gasteiger partial charge in [-0.2, -0.15) is 5.26 Å². The molecule has 0 aliphatic rings. The number of nitriles is 1. The Hall–Kier alpha value is -1.56. The highest BCUT2D eigenvalue weighted by molar-refractivity contribution is 5.48. The largest absolute Gasteiger partial charge is 0.385 e. The van der Waals surface area contributed by atoms with Crippen LogP contribution in [-0.2, 0) is 0 Å². The summed E-state index contributed by atoms with van der Waals surface area (Å²) in [5, 5.41) is 11.8. The monoisotopic (exact) mass is 234 g/mol. The Kier molecular flexibility index (Phi) is 4.11. The summed E-state index contributed by atoms with van der Waals surface area (Å²) in [5.74, 6) is 0.00196. The van der Waals surface area contributed by atoms with Gasteiger partial charge >= 0.3 is 0 Å². The van der Waals surface area contributed by atoms with E-state index >= 15 is 0 Å². The van der Waals surface area contributed by atoms with Gasteiger partial charge in [0.25, 0.3) is 0 Å². The average molecular weight is 234 g/mol. The van der Waals surface area contributed by atoms with Gasteiger partial charge in [-0.1, -0.05) is 27.7 Å². The van der Waals surface area contributed by atoms with Gasteiger partial charge in [0.05, 0.1) is 5.56 Å². The number of rotatable bonds is 3. The Morgan fingerprint density at radius 1 is 1.41 bits per heavy atom. The molecule has 2 nitrogen and oxygen atoms in total. The lowest BCUT2D eigenvalue weighted by molar-refractivity contribution is 0.274. The molecule has 0 aromatic heterocycles. The molecule has 0 heterocycles. The molecule has 0 aliphatic carbocycles. The highest BCUT2D eigenvalue weighted by Gasteiger charge is 2.19. The van der Waals surface area contributed by atoms with Crippen LogP contribution in [0, 0.1) is 28.5 Å². The van der Waals surface area contributed by atoms with Gasteiger partial charge in [-0.15, -0.1) is 0 Å². The number of halogens is 1. The van der Waals surface area contributed by atoms with Gasteiger partial charge in [0, 0.05) is 12.2 Å². The number of benzene rings is 1. The number of hydrogen-bond acceptors (Lipinski definition) is 2. The van der Waals surface area contributed by atoms with E-state index in [1.54, 1.807) is 6.07 Å². The fourth-order valence-corrected chi connectivity index (χ4v) is 1.29. The van der Waals surface area contributed by atoms with Crippen molar-refractivity contribution in [1.29, 1.82) is 5.26 Å². The van der Waals surface area contributed by atoms with Crippen LogP contribution in [0.15, 0.2) is 18.2 Å². The van der Waals surface area contributed by atoms with Crippen LogP contribution in [0.2, 0.25) is 0 Å². The molecule has 3 heteroatoms. The average Bonchev–Trinajstić information content (AvgIpc) is 2.24. The first kappa shape index (κ1) is 13.5. The minimum Gasteiger partial charge on any atom is -0.385 e. The van der Waals surface area contributed by atoms with Crippen LogP contribution in [0.3, 0.4) is 0 Å². The number of nitrogens with one attached hydrogen (secondary N) is 1. The Morgan fingerprint density at radius 3 is 2.53 bits per heavy atom. The molecular formula is C14H19FN2. The molecule has 1 aromatic rings. The van der Waals surface area contributed by atoms with Crippen LogP contribution in [0.4, 0.5) is 10.1 Å². The Balaban J connectivity index is 2.66. The van der Waals surface area contributed by atoms with Crippen molar-refractivity contribution in [2.24, 2.45) is 11.3 Å². The molecule has 0 fully saturated rings. The van der Waals surface area contributed by atoms with E-state index in [-0.39, 0.29) is 11.0 Å². The van der Waals surface area contributed by atoms with Crippen molar-refractivity contribution in [2.75, 3.05) is 11.9 Å². The SMILES string of the molecule is CC(CNc1ccc(C#N)c(F)c1)C(C)(C)C. The number of nitrogens with zero attached hydrogens (tertiary/aromatic N) is 1. The van der Waals surface area contributed by atoms with E-state index in [1.807, 2.05) is 6.07 Å². The fraction of sp³-hybridized carbons (Fsp3) is 0.500. The summed E-state index contributed by atoms with van der Waals surface area (Å²) in [6.45, 7) is 9.48. The maximum absolute atomic E-state index is 13.3. The summed E-state index contributed by atoms with van der Waals surface area (Å²) < 4.78 is 13.3. The first-order valence-electron chi connectivity index (χ1n) is 5.78. The van der Waals surface area contributed by atoms with Gasteiger partial charge in [-0.05, 0) is 29.5 Å². The number of anilines is 1. The summed E-state index contributed by atoms with van der Waals surface area (Å²) >= 11 is 0. The topological polar surface area (TPSA) is 35.8 Å². The quantitative estimate of drug-likeness (QED) is 0.863. The summed E-state index contributed by atoms with van der Waals surface area (Å²) in [5.41, 5.74) is 1.02. The van der Waals surface area contributed by atoms with Crippen LogP contribution in [0.1, 0.15) is 33.3 Å². The molecule has 0 amide bonds. The fourth-order valence-electron chi connectivity index (χ4n) is 1.29. The zero-order valence-corrected chi connectivity index (χ0v) is 10.8. The second-order valence-corrected chi connectivity index (χ2v) is 5.45. The van der Waals surface area contributed by atoms with Crippen molar-refractivity contribution < 1.29 is 4.39 Å². The van der Waals surface area contributed by atoms with E-state index in [0.29, 0.717) is 5.92 Å². The molecule has 1 rings (SSSR count). The first-order chi connectivity index (χ1) is 7.84. The maximum atomic E-state index is 13.3. The zero-order chi connectivity index (χ0) is 13.1. The van der Waals surface area contributed by atoms with E-state index in [9.17, 15) is 4.39 Å². The molecule has 1 unspecified atom stereocenters. The van der Waals surface area contributed by atoms with E-state index in [2.05, 4.69) is 33.0 Å². The van der Waals surface area contributed by atoms with E-state index in [4.69, 9.17) is 5.26 Å². The van der Waals surface area contributed by atoms with Crippen LogP contribution >= 0.6 is 0 Å². The van der Waals surface area contributed by atoms with Gasteiger partial charge in [-0.25, -0.2) is 4.39 Å². The Morgan fingerprint density at radius 2 is 2.06 bits per heavy atom. The molecule has 0 saturated carbocycles. The summed E-state index contributed by atoms with van der Waals surface area (Å²) in [7, 11) is 0. The molecule has 0 bridgehead atoms. The summed E-state index contributed by atoms with van der Waals surface area (Å²) in [6.07, 6.45) is 0. The third kappa shape index (κ3) is 3.74. The lowest BCUT2D eigenvalue weighted by Gasteiger charge is -2.27. The van der Waals surface area contributed by atoms with Gasteiger partial charge in [0.1, 0.15) is 11.9 Å². The predicted octanol–water partition coefficient (Wildman–Crippen LogP) is 3.79. The number of hydrogen-bond donors (Lipinski definition) is 1. The van der Waals surface area contributed by atoms with Crippen molar-refractivity contribution in [3.8, 4) is 6.07 Å². The Labute approximate surface area is 102 Å². The van der Waals surface area contributed by atoms with Crippen molar-refractivity contribution >= 4 is 5.69 Å². The summed E-state index contributed by atoms with van der Waals surface area (Å²) in [6, 6.07) is 6.41. The predicted molar refractivity (Wildman–Crippen MR) is 68.2 cm³/mol.